The second kappa shape index (κ2) is 8.19. The zero-order valence-corrected chi connectivity index (χ0v) is 16.7. The Kier molecular flexibility index (Phi) is 5.47. The molecular formula is C23H20FN3OS. The van der Waals surface area contributed by atoms with Crippen LogP contribution in [0.5, 0.6) is 0 Å². The predicted octanol–water partition coefficient (Wildman–Crippen LogP) is 4.54. The number of fused-ring (bicyclic) bond motifs is 2. The van der Waals surface area contributed by atoms with Crippen molar-refractivity contribution < 1.29 is 9.18 Å². The maximum atomic E-state index is 13.4. The van der Waals surface area contributed by atoms with E-state index in [1.807, 2.05) is 37.3 Å². The van der Waals surface area contributed by atoms with E-state index in [4.69, 9.17) is 10.7 Å². The Labute approximate surface area is 173 Å². The summed E-state index contributed by atoms with van der Waals surface area (Å²) in [5.74, 6) is -0.477. The Morgan fingerprint density at radius 2 is 1.86 bits per heavy atom. The summed E-state index contributed by atoms with van der Waals surface area (Å²) in [4.78, 5) is 19.4. The first kappa shape index (κ1) is 19.4. The summed E-state index contributed by atoms with van der Waals surface area (Å²) in [6.45, 7) is 2.24. The molecule has 6 heteroatoms. The number of amides is 1. The van der Waals surface area contributed by atoms with E-state index in [1.165, 1.54) is 12.1 Å². The molecule has 1 aliphatic rings. The van der Waals surface area contributed by atoms with Gasteiger partial charge in [0.2, 0.25) is 0 Å². The molecule has 1 atom stereocenters. The minimum atomic E-state index is -0.292. The number of hydrogen-bond donors (Lipinski definition) is 2. The van der Waals surface area contributed by atoms with Crippen molar-refractivity contribution >= 4 is 29.1 Å². The predicted molar refractivity (Wildman–Crippen MR) is 115 cm³/mol. The van der Waals surface area contributed by atoms with E-state index < -0.39 is 0 Å². The third kappa shape index (κ3) is 4.23. The van der Waals surface area contributed by atoms with Gasteiger partial charge in [0.1, 0.15) is 5.82 Å². The molecule has 3 aromatic carbocycles. The van der Waals surface area contributed by atoms with Gasteiger partial charge in [-0.15, -0.1) is 0 Å². The van der Waals surface area contributed by atoms with E-state index in [9.17, 15) is 9.18 Å². The first-order chi connectivity index (χ1) is 14.0. The highest BCUT2D eigenvalue weighted by Crippen LogP contribution is 2.41. The van der Waals surface area contributed by atoms with Crippen molar-refractivity contribution in [1.82, 2.24) is 5.32 Å². The fourth-order valence-corrected chi connectivity index (χ4v) is 4.07. The standard InChI is InChI=1S/C23H20FN3OS/c1-14(25)13-26-23(28)16-8-11-21-19(12-16)27-22(15-6-9-17(24)10-7-15)18-4-2-3-5-20(18)29-21/h2-12,14H,13,25H2,1H3,(H,26,28). The highest BCUT2D eigenvalue weighted by atomic mass is 32.2. The van der Waals surface area contributed by atoms with Gasteiger partial charge in [0.05, 0.1) is 11.4 Å². The first-order valence-corrected chi connectivity index (χ1v) is 10.1. The third-order valence-electron chi connectivity index (χ3n) is 4.52. The van der Waals surface area contributed by atoms with Crippen LogP contribution in [-0.4, -0.2) is 24.2 Å². The van der Waals surface area contributed by atoms with Crippen LogP contribution in [0.2, 0.25) is 0 Å². The molecule has 0 aromatic heterocycles. The van der Waals surface area contributed by atoms with Gasteiger partial charge in [0, 0.05) is 39.1 Å². The molecule has 1 heterocycles. The van der Waals surface area contributed by atoms with Gasteiger partial charge in [0.25, 0.3) is 5.91 Å². The molecule has 3 N–H and O–H groups in total. The number of halogens is 1. The van der Waals surface area contributed by atoms with Crippen LogP contribution in [0.4, 0.5) is 10.1 Å². The van der Waals surface area contributed by atoms with Crippen LogP contribution in [-0.2, 0) is 0 Å². The minimum Gasteiger partial charge on any atom is -0.350 e. The number of carbonyl (C=O) groups excluding carboxylic acids is 1. The van der Waals surface area contributed by atoms with Crippen molar-refractivity contribution in [3.63, 3.8) is 0 Å². The average molecular weight is 405 g/mol. The lowest BCUT2D eigenvalue weighted by molar-refractivity contribution is 0.0951. The number of nitrogens with two attached hydrogens (primary N) is 1. The van der Waals surface area contributed by atoms with Crippen molar-refractivity contribution in [2.24, 2.45) is 10.7 Å². The first-order valence-electron chi connectivity index (χ1n) is 9.31. The molecule has 1 aliphatic heterocycles. The van der Waals surface area contributed by atoms with Crippen molar-refractivity contribution in [2.45, 2.75) is 22.8 Å². The lowest BCUT2D eigenvalue weighted by Crippen LogP contribution is -2.35. The maximum absolute atomic E-state index is 13.4. The Hall–Kier alpha value is -2.96. The topological polar surface area (TPSA) is 67.5 Å². The van der Waals surface area contributed by atoms with Crippen molar-refractivity contribution in [1.29, 1.82) is 0 Å². The molecule has 3 aromatic rings. The van der Waals surface area contributed by atoms with Gasteiger partial charge in [-0.25, -0.2) is 9.38 Å². The summed E-state index contributed by atoms with van der Waals surface area (Å²) in [6, 6.07) is 19.7. The normalized spacial score (nSPS) is 13.6. The van der Waals surface area contributed by atoms with E-state index in [-0.39, 0.29) is 17.8 Å². The van der Waals surface area contributed by atoms with Crippen LogP contribution >= 0.6 is 11.8 Å². The summed E-state index contributed by atoms with van der Waals surface area (Å²) in [7, 11) is 0. The number of aliphatic imine (C=N–C) groups is 1. The summed E-state index contributed by atoms with van der Waals surface area (Å²) in [6.07, 6.45) is 0. The number of nitrogens with zero attached hydrogens (tertiary/aromatic N) is 1. The molecule has 29 heavy (non-hydrogen) atoms. The van der Waals surface area contributed by atoms with Crippen LogP contribution in [0.15, 0.2) is 81.5 Å². The van der Waals surface area contributed by atoms with Gasteiger partial charge in [-0.2, -0.15) is 0 Å². The van der Waals surface area contributed by atoms with Crippen molar-refractivity contribution in [3.05, 3.63) is 89.2 Å². The van der Waals surface area contributed by atoms with E-state index in [0.29, 0.717) is 17.8 Å². The van der Waals surface area contributed by atoms with Gasteiger partial charge < -0.3 is 11.1 Å². The lowest BCUT2D eigenvalue weighted by Gasteiger charge is -2.09. The number of hydrogen-bond acceptors (Lipinski definition) is 4. The van der Waals surface area contributed by atoms with E-state index in [2.05, 4.69) is 5.32 Å². The van der Waals surface area contributed by atoms with E-state index in [1.54, 1.807) is 36.0 Å². The van der Waals surface area contributed by atoms with Gasteiger partial charge in [-0.3, -0.25) is 4.79 Å². The second-order valence-electron chi connectivity index (χ2n) is 6.94. The Morgan fingerprint density at radius 3 is 2.62 bits per heavy atom. The molecule has 1 amide bonds. The van der Waals surface area contributed by atoms with Crippen molar-refractivity contribution in [3.8, 4) is 0 Å². The molecule has 0 radical (unpaired) electrons. The molecule has 0 aliphatic carbocycles. The van der Waals surface area contributed by atoms with E-state index >= 15 is 0 Å². The van der Waals surface area contributed by atoms with Gasteiger partial charge in [-0.05, 0) is 55.5 Å². The Morgan fingerprint density at radius 1 is 1.10 bits per heavy atom. The largest absolute Gasteiger partial charge is 0.350 e. The average Bonchev–Trinajstić information content (AvgIpc) is 2.88. The van der Waals surface area contributed by atoms with Crippen LogP contribution in [0.3, 0.4) is 0 Å². The quantitative estimate of drug-likeness (QED) is 0.524. The zero-order valence-electron chi connectivity index (χ0n) is 15.9. The number of benzene rings is 3. The molecule has 0 fully saturated rings. The molecule has 0 saturated carbocycles. The van der Waals surface area contributed by atoms with E-state index in [0.717, 1.165) is 26.6 Å². The van der Waals surface area contributed by atoms with Crippen molar-refractivity contribution in [2.75, 3.05) is 6.54 Å². The van der Waals surface area contributed by atoms with Gasteiger partial charge >= 0.3 is 0 Å². The SMILES string of the molecule is CC(N)CNC(=O)c1ccc2c(c1)N=C(c1ccc(F)cc1)c1ccccc1S2. The summed E-state index contributed by atoms with van der Waals surface area (Å²) >= 11 is 1.60. The summed E-state index contributed by atoms with van der Waals surface area (Å²) in [5, 5.41) is 2.83. The Bertz CT molecular complexity index is 1090. The van der Waals surface area contributed by atoms with Gasteiger partial charge in [0.15, 0.2) is 0 Å². The fraction of sp³-hybridized carbons (Fsp3) is 0.130. The molecule has 4 nitrogen and oxygen atoms in total. The van der Waals surface area contributed by atoms with Gasteiger partial charge in [-0.1, -0.05) is 30.0 Å². The molecule has 1 unspecified atom stereocenters. The zero-order chi connectivity index (χ0) is 20.4. The molecular weight excluding hydrogens is 385 g/mol. The molecule has 0 spiro atoms. The molecule has 0 bridgehead atoms. The number of carbonyl (C=O) groups is 1. The molecule has 0 saturated heterocycles. The van der Waals surface area contributed by atoms with Crippen LogP contribution in [0.1, 0.15) is 28.4 Å². The van der Waals surface area contributed by atoms with Crippen LogP contribution < -0.4 is 11.1 Å². The Balaban J connectivity index is 1.80. The second-order valence-corrected chi connectivity index (χ2v) is 8.02. The molecule has 4 rings (SSSR count). The summed E-state index contributed by atoms with van der Waals surface area (Å²) < 4.78 is 13.4. The maximum Gasteiger partial charge on any atom is 0.251 e. The van der Waals surface area contributed by atoms with Crippen LogP contribution in [0, 0.1) is 5.82 Å². The lowest BCUT2D eigenvalue weighted by atomic mass is 10.0. The third-order valence-corrected chi connectivity index (χ3v) is 5.66. The fourth-order valence-electron chi connectivity index (χ4n) is 3.07. The van der Waals surface area contributed by atoms with Crippen LogP contribution in [0.25, 0.3) is 0 Å². The number of rotatable bonds is 4. The highest BCUT2D eigenvalue weighted by Gasteiger charge is 2.20. The molecule has 146 valence electrons. The smallest absolute Gasteiger partial charge is 0.251 e. The monoisotopic (exact) mass is 405 g/mol. The summed E-state index contributed by atoms with van der Waals surface area (Å²) in [5.41, 5.74) is 9.50. The highest BCUT2D eigenvalue weighted by molar-refractivity contribution is 7.99. The minimum absolute atomic E-state index is 0.118. The number of nitrogens with one attached hydrogen (secondary N) is 1.